The van der Waals surface area contributed by atoms with Gasteiger partial charge in [-0.05, 0) is 91.3 Å². The molecule has 2 aliphatic heterocycles. The average Bonchev–Trinajstić information content (AvgIpc) is 2.98. The number of allylic oxidation sites excluding steroid dienone is 1. The minimum absolute atomic E-state index is 0.0199. The molecular weight excluding hydrogens is 553 g/mol. The van der Waals surface area contributed by atoms with Gasteiger partial charge in [0.2, 0.25) is 0 Å². The zero-order valence-electron chi connectivity index (χ0n) is 23.5. The Morgan fingerprint density at radius 3 is 1.90 bits per heavy atom. The van der Waals surface area contributed by atoms with Gasteiger partial charge in [-0.25, -0.2) is 0 Å². The van der Waals surface area contributed by atoms with Gasteiger partial charge in [-0.2, -0.15) is 0 Å². The number of hydrogen-bond donors (Lipinski definition) is 1. The van der Waals surface area contributed by atoms with Crippen molar-refractivity contribution in [1.82, 2.24) is 15.1 Å². The Bertz CT molecular complexity index is 1300. The van der Waals surface area contributed by atoms with Crippen molar-refractivity contribution in [3.8, 4) is 5.75 Å². The smallest absolute Gasteiger partial charge is 0.251 e. The predicted molar refractivity (Wildman–Crippen MR) is 168 cm³/mol. The van der Waals surface area contributed by atoms with Crippen LogP contribution in [0, 0.1) is 0 Å². The van der Waals surface area contributed by atoms with Crippen LogP contribution in [0.2, 0.25) is 10.0 Å². The second-order valence-corrected chi connectivity index (χ2v) is 12.1. The number of halogens is 2. The fraction of sp³-hybridized carbons (Fsp3) is 0.382. The summed E-state index contributed by atoms with van der Waals surface area (Å²) in [4.78, 5) is 18.1. The van der Waals surface area contributed by atoms with Crippen LogP contribution in [-0.2, 0) is 19.5 Å². The van der Waals surface area contributed by atoms with Gasteiger partial charge in [0.05, 0.1) is 0 Å². The molecule has 7 heteroatoms. The minimum atomic E-state index is -0.0199. The van der Waals surface area contributed by atoms with Crippen LogP contribution in [0.4, 0.5) is 0 Å². The molecule has 0 aliphatic carbocycles. The molecule has 0 radical (unpaired) electrons. The van der Waals surface area contributed by atoms with E-state index in [1.165, 1.54) is 11.1 Å². The molecule has 2 heterocycles. The summed E-state index contributed by atoms with van der Waals surface area (Å²) >= 11 is 12.0. The molecular formula is C34H39Cl2N3O2. The number of hydrogen-bond acceptors (Lipinski definition) is 4. The van der Waals surface area contributed by atoms with Crippen LogP contribution in [-0.4, -0.2) is 54.0 Å². The Kier molecular flexibility index (Phi) is 10.4. The average molecular weight is 593 g/mol. The second kappa shape index (κ2) is 14.4. The van der Waals surface area contributed by atoms with Gasteiger partial charge in [0, 0.05) is 60.9 Å². The lowest BCUT2D eigenvalue weighted by molar-refractivity contribution is 0.0907. The number of carbonyl (C=O) groups is 1. The van der Waals surface area contributed by atoms with Crippen molar-refractivity contribution in [2.45, 2.75) is 57.3 Å². The summed E-state index contributed by atoms with van der Waals surface area (Å²) in [5.74, 6) is 0.835. The third-order valence-corrected chi connectivity index (χ3v) is 8.58. The molecule has 1 amide bonds. The van der Waals surface area contributed by atoms with Gasteiger partial charge < -0.3 is 10.1 Å². The first kappa shape index (κ1) is 29.7. The van der Waals surface area contributed by atoms with Crippen LogP contribution >= 0.6 is 23.2 Å². The Morgan fingerprint density at radius 1 is 0.829 bits per heavy atom. The molecule has 2 fully saturated rings. The molecule has 2 aliphatic rings. The summed E-state index contributed by atoms with van der Waals surface area (Å²) in [7, 11) is 0. The predicted octanol–water partition coefficient (Wildman–Crippen LogP) is 7.16. The third kappa shape index (κ3) is 8.59. The van der Waals surface area contributed by atoms with E-state index in [-0.39, 0.29) is 18.1 Å². The van der Waals surface area contributed by atoms with Gasteiger partial charge in [0.1, 0.15) is 11.9 Å². The van der Waals surface area contributed by atoms with Crippen molar-refractivity contribution in [1.29, 1.82) is 0 Å². The highest BCUT2D eigenvalue weighted by Gasteiger charge is 2.24. The van der Waals surface area contributed by atoms with Crippen molar-refractivity contribution < 1.29 is 9.53 Å². The van der Waals surface area contributed by atoms with E-state index in [4.69, 9.17) is 27.9 Å². The fourth-order valence-corrected chi connectivity index (χ4v) is 5.97. The highest BCUT2D eigenvalue weighted by molar-refractivity contribution is 6.30. The number of carbonyl (C=O) groups excluding carboxylic acids is 1. The maximum atomic E-state index is 13.2. The van der Waals surface area contributed by atoms with Gasteiger partial charge in [-0.3, -0.25) is 14.6 Å². The van der Waals surface area contributed by atoms with E-state index in [9.17, 15) is 4.79 Å². The van der Waals surface area contributed by atoms with E-state index in [0.717, 1.165) is 86.3 Å². The lowest BCUT2D eigenvalue weighted by Crippen LogP contribution is -2.44. The van der Waals surface area contributed by atoms with E-state index in [2.05, 4.69) is 46.0 Å². The molecule has 0 aromatic heterocycles. The summed E-state index contributed by atoms with van der Waals surface area (Å²) in [6.07, 6.45) is 6.52. The Balaban J connectivity index is 1.10. The fourth-order valence-electron chi connectivity index (χ4n) is 5.72. The maximum absolute atomic E-state index is 13.2. The molecule has 0 unspecified atom stereocenters. The van der Waals surface area contributed by atoms with E-state index >= 15 is 0 Å². The van der Waals surface area contributed by atoms with Gasteiger partial charge in [-0.1, -0.05) is 53.5 Å². The number of ether oxygens (including phenoxy) is 1. The second-order valence-electron chi connectivity index (χ2n) is 11.2. The number of likely N-dealkylation sites (tertiary alicyclic amines) is 2. The van der Waals surface area contributed by atoms with Crippen LogP contribution in [0.3, 0.4) is 0 Å². The lowest BCUT2D eigenvalue weighted by atomic mass is 10.0. The standard InChI is InChI=1S/C34H39Cl2N3O2/c1-2-3-27-22-28(34(40)37-31-14-18-38(19-15-31)23-25-4-9-29(35)10-5-25)8-13-33(27)41-32-16-20-39(21-17-32)24-26-6-11-30(36)12-7-26/h2,4-13,22,31-32H,1,3,14-21,23-24H2,(H,37,40). The molecule has 216 valence electrons. The van der Waals surface area contributed by atoms with Gasteiger partial charge in [0.15, 0.2) is 0 Å². The Hall–Kier alpha value is -2.83. The molecule has 0 spiro atoms. The number of piperidine rings is 2. The normalized spacial score (nSPS) is 17.3. The maximum Gasteiger partial charge on any atom is 0.251 e. The van der Waals surface area contributed by atoms with Crippen LogP contribution in [0.1, 0.15) is 52.7 Å². The molecule has 41 heavy (non-hydrogen) atoms. The molecule has 2 saturated heterocycles. The molecule has 0 saturated carbocycles. The first-order valence-electron chi connectivity index (χ1n) is 14.6. The van der Waals surface area contributed by atoms with Crippen molar-refractivity contribution in [3.05, 3.63) is 112 Å². The van der Waals surface area contributed by atoms with Crippen LogP contribution in [0.15, 0.2) is 79.4 Å². The van der Waals surface area contributed by atoms with E-state index < -0.39 is 0 Å². The molecule has 5 rings (SSSR count). The van der Waals surface area contributed by atoms with Crippen LogP contribution in [0.25, 0.3) is 0 Å². The molecule has 0 bridgehead atoms. The zero-order chi connectivity index (χ0) is 28.6. The number of amides is 1. The molecule has 3 aromatic rings. The van der Waals surface area contributed by atoms with E-state index in [1.54, 1.807) is 0 Å². The van der Waals surface area contributed by atoms with Gasteiger partial charge in [0.25, 0.3) is 5.91 Å². The Morgan fingerprint density at radius 2 is 1.37 bits per heavy atom. The molecule has 0 atom stereocenters. The topological polar surface area (TPSA) is 44.8 Å². The first-order valence-corrected chi connectivity index (χ1v) is 15.4. The minimum Gasteiger partial charge on any atom is -0.490 e. The van der Waals surface area contributed by atoms with Crippen LogP contribution in [0.5, 0.6) is 5.75 Å². The highest BCUT2D eigenvalue weighted by atomic mass is 35.5. The quantitative estimate of drug-likeness (QED) is 0.254. The largest absolute Gasteiger partial charge is 0.490 e. The molecule has 3 aromatic carbocycles. The summed E-state index contributed by atoms with van der Waals surface area (Å²) in [5, 5.41) is 4.79. The monoisotopic (exact) mass is 591 g/mol. The number of benzene rings is 3. The SMILES string of the molecule is C=CCc1cc(C(=O)NC2CCN(Cc3ccc(Cl)cc3)CC2)ccc1OC1CCN(Cc2ccc(Cl)cc2)CC1. The van der Waals surface area contributed by atoms with Gasteiger partial charge >= 0.3 is 0 Å². The van der Waals surface area contributed by atoms with Crippen LogP contribution < -0.4 is 10.1 Å². The highest BCUT2D eigenvalue weighted by Crippen LogP contribution is 2.26. The summed E-state index contributed by atoms with van der Waals surface area (Å²) in [6.45, 7) is 9.66. The molecule has 5 nitrogen and oxygen atoms in total. The number of rotatable bonds is 10. The lowest BCUT2D eigenvalue weighted by Gasteiger charge is -2.33. The van der Waals surface area contributed by atoms with Crippen molar-refractivity contribution in [2.75, 3.05) is 26.2 Å². The number of nitrogens with one attached hydrogen (secondary N) is 1. The zero-order valence-corrected chi connectivity index (χ0v) is 25.0. The van der Waals surface area contributed by atoms with Crippen molar-refractivity contribution in [3.63, 3.8) is 0 Å². The Labute approximate surface area is 254 Å². The van der Waals surface area contributed by atoms with E-state index in [0.29, 0.717) is 12.0 Å². The van der Waals surface area contributed by atoms with E-state index in [1.807, 2.05) is 48.5 Å². The molecule has 1 N–H and O–H groups in total. The number of nitrogens with zero attached hydrogens (tertiary/aromatic N) is 2. The summed E-state index contributed by atoms with van der Waals surface area (Å²) < 4.78 is 6.47. The summed E-state index contributed by atoms with van der Waals surface area (Å²) in [6, 6.07) is 22.1. The van der Waals surface area contributed by atoms with Crippen molar-refractivity contribution in [2.24, 2.45) is 0 Å². The third-order valence-electron chi connectivity index (χ3n) is 8.08. The summed E-state index contributed by atoms with van der Waals surface area (Å²) in [5.41, 5.74) is 4.22. The van der Waals surface area contributed by atoms with Gasteiger partial charge in [-0.15, -0.1) is 6.58 Å². The first-order chi connectivity index (χ1) is 19.9. The van der Waals surface area contributed by atoms with Crippen molar-refractivity contribution >= 4 is 29.1 Å².